The van der Waals surface area contributed by atoms with E-state index in [2.05, 4.69) is 69.6 Å². The van der Waals surface area contributed by atoms with E-state index in [9.17, 15) is 0 Å². The fourth-order valence-electron chi connectivity index (χ4n) is 1.83. The number of hydrogen-bond donors (Lipinski definition) is 0. The van der Waals surface area contributed by atoms with Crippen molar-refractivity contribution >= 4 is 27.7 Å². The predicted octanol–water partition coefficient (Wildman–Crippen LogP) is 6.20. The van der Waals surface area contributed by atoms with Crippen molar-refractivity contribution in [3.8, 4) is 0 Å². The molecule has 0 nitrogen and oxygen atoms in total. The van der Waals surface area contributed by atoms with Crippen LogP contribution in [0.5, 0.6) is 0 Å². The summed E-state index contributed by atoms with van der Waals surface area (Å²) in [5.41, 5.74) is 2.87. The summed E-state index contributed by atoms with van der Waals surface area (Å²) in [6.45, 7) is 13.5. The van der Waals surface area contributed by atoms with Gasteiger partial charge in [-0.3, -0.25) is 0 Å². The van der Waals surface area contributed by atoms with Crippen molar-refractivity contribution in [2.24, 2.45) is 0 Å². The Kier molecular flexibility index (Phi) is 5.59. The Morgan fingerprint density at radius 3 is 1.82 bits per heavy atom. The van der Waals surface area contributed by atoms with E-state index in [-0.39, 0.29) is 0 Å². The smallest absolute Gasteiger partial charge is 0.0213 e. The number of rotatable bonds is 4. The molecular weight excluding hydrogens is 292 g/mol. The molecule has 0 aliphatic carbocycles. The van der Waals surface area contributed by atoms with Crippen molar-refractivity contribution in [1.29, 1.82) is 0 Å². The molecule has 0 heterocycles. The van der Waals surface area contributed by atoms with Gasteiger partial charge in [0, 0.05) is 14.6 Å². The minimum absolute atomic E-state index is 0.567. The van der Waals surface area contributed by atoms with Crippen molar-refractivity contribution in [3.05, 3.63) is 27.7 Å². The van der Waals surface area contributed by atoms with Crippen molar-refractivity contribution < 1.29 is 0 Å². The quantitative estimate of drug-likeness (QED) is 0.596. The standard InChI is InChI=1S/C15H23BrS/c1-9(2)12-8-15(17-11(5)6)13(10(3)4)7-14(12)16/h7-11H,1-6H3. The molecule has 96 valence electrons. The van der Waals surface area contributed by atoms with Gasteiger partial charge in [0.2, 0.25) is 0 Å². The minimum atomic E-state index is 0.567. The van der Waals surface area contributed by atoms with Crippen molar-refractivity contribution in [3.63, 3.8) is 0 Å². The van der Waals surface area contributed by atoms with Crippen LogP contribution in [-0.4, -0.2) is 5.25 Å². The lowest BCUT2D eigenvalue weighted by Crippen LogP contribution is -1.99. The van der Waals surface area contributed by atoms with E-state index in [1.807, 2.05) is 11.8 Å². The summed E-state index contributed by atoms with van der Waals surface area (Å²) in [6, 6.07) is 4.68. The van der Waals surface area contributed by atoms with Gasteiger partial charge in [-0.15, -0.1) is 11.8 Å². The summed E-state index contributed by atoms with van der Waals surface area (Å²) in [4.78, 5) is 1.45. The fourth-order valence-corrected chi connectivity index (χ4v) is 3.79. The molecule has 1 rings (SSSR count). The molecule has 0 N–H and O–H groups in total. The van der Waals surface area contributed by atoms with Crippen LogP contribution in [0, 0.1) is 0 Å². The molecule has 0 spiro atoms. The number of hydrogen-bond acceptors (Lipinski definition) is 1. The second-order valence-corrected chi connectivity index (χ2v) is 7.86. The molecular formula is C15H23BrS. The van der Waals surface area contributed by atoms with Crippen LogP contribution in [0.2, 0.25) is 0 Å². The monoisotopic (exact) mass is 314 g/mol. The van der Waals surface area contributed by atoms with E-state index in [0.29, 0.717) is 17.1 Å². The molecule has 1 aromatic carbocycles. The molecule has 0 aliphatic rings. The molecule has 2 heteroatoms. The van der Waals surface area contributed by atoms with Gasteiger partial charge in [0.15, 0.2) is 0 Å². The van der Waals surface area contributed by atoms with Crippen LogP contribution < -0.4 is 0 Å². The number of halogens is 1. The highest BCUT2D eigenvalue weighted by Crippen LogP contribution is 2.37. The zero-order valence-corrected chi connectivity index (χ0v) is 14.1. The third-order valence-electron chi connectivity index (χ3n) is 2.74. The van der Waals surface area contributed by atoms with Gasteiger partial charge < -0.3 is 0 Å². The second-order valence-electron chi connectivity index (χ2n) is 5.39. The van der Waals surface area contributed by atoms with Crippen LogP contribution in [0.15, 0.2) is 21.5 Å². The first-order chi connectivity index (χ1) is 7.82. The molecule has 0 fully saturated rings. The summed E-state index contributed by atoms with van der Waals surface area (Å²) in [5.74, 6) is 1.14. The van der Waals surface area contributed by atoms with E-state index < -0.39 is 0 Å². The van der Waals surface area contributed by atoms with Gasteiger partial charge in [0.25, 0.3) is 0 Å². The highest BCUT2D eigenvalue weighted by atomic mass is 79.9. The first-order valence-electron chi connectivity index (χ1n) is 6.32. The van der Waals surface area contributed by atoms with E-state index >= 15 is 0 Å². The lowest BCUT2D eigenvalue weighted by molar-refractivity contribution is 0.816. The zero-order chi connectivity index (χ0) is 13.2. The summed E-state index contributed by atoms with van der Waals surface area (Å²) in [5, 5.41) is 0.633. The van der Waals surface area contributed by atoms with E-state index in [1.165, 1.54) is 20.5 Å². The third kappa shape index (κ3) is 4.03. The Labute approximate surface area is 119 Å². The highest BCUT2D eigenvalue weighted by molar-refractivity contribution is 9.10. The highest BCUT2D eigenvalue weighted by Gasteiger charge is 2.14. The Morgan fingerprint density at radius 2 is 1.41 bits per heavy atom. The molecule has 1 aromatic rings. The molecule has 0 aromatic heterocycles. The van der Waals surface area contributed by atoms with Crippen LogP contribution in [0.4, 0.5) is 0 Å². The first-order valence-corrected chi connectivity index (χ1v) is 8.00. The fraction of sp³-hybridized carbons (Fsp3) is 0.600. The first kappa shape index (κ1) is 15.1. The summed E-state index contributed by atoms with van der Waals surface area (Å²) in [6.07, 6.45) is 0. The Hall–Kier alpha value is 0.0500. The van der Waals surface area contributed by atoms with Gasteiger partial charge in [0.05, 0.1) is 0 Å². The Bertz CT molecular complexity index is 381. The summed E-state index contributed by atoms with van der Waals surface area (Å²) in [7, 11) is 0. The maximum absolute atomic E-state index is 3.71. The van der Waals surface area contributed by atoms with Crippen molar-refractivity contribution in [2.45, 2.75) is 63.5 Å². The molecule has 0 saturated carbocycles. The predicted molar refractivity (Wildman–Crippen MR) is 83.3 cm³/mol. The molecule has 0 amide bonds. The topological polar surface area (TPSA) is 0 Å². The molecule has 17 heavy (non-hydrogen) atoms. The molecule has 0 atom stereocenters. The van der Waals surface area contributed by atoms with Gasteiger partial charge in [-0.2, -0.15) is 0 Å². The van der Waals surface area contributed by atoms with Crippen LogP contribution >= 0.6 is 27.7 Å². The summed E-state index contributed by atoms with van der Waals surface area (Å²) >= 11 is 5.68. The number of benzene rings is 1. The molecule has 0 aliphatic heterocycles. The maximum atomic E-state index is 3.71. The van der Waals surface area contributed by atoms with Gasteiger partial charge in [-0.25, -0.2) is 0 Å². The van der Waals surface area contributed by atoms with Crippen LogP contribution in [0.1, 0.15) is 64.5 Å². The van der Waals surface area contributed by atoms with E-state index in [0.717, 1.165) is 0 Å². The largest absolute Gasteiger partial charge is 0.123 e. The van der Waals surface area contributed by atoms with Gasteiger partial charge in [-0.05, 0) is 35.1 Å². The third-order valence-corrected chi connectivity index (χ3v) is 4.50. The van der Waals surface area contributed by atoms with E-state index in [4.69, 9.17) is 0 Å². The van der Waals surface area contributed by atoms with E-state index in [1.54, 1.807) is 0 Å². The Balaban J connectivity index is 3.26. The average molecular weight is 315 g/mol. The van der Waals surface area contributed by atoms with Gasteiger partial charge >= 0.3 is 0 Å². The molecule has 0 saturated heterocycles. The maximum Gasteiger partial charge on any atom is 0.0213 e. The van der Waals surface area contributed by atoms with Gasteiger partial charge in [-0.1, -0.05) is 57.5 Å². The molecule has 0 radical (unpaired) electrons. The normalized spacial score (nSPS) is 11.9. The lowest BCUT2D eigenvalue weighted by atomic mass is 9.97. The van der Waals surface area contributed by atoms with Crippen LogP contribution in [0.25, 0.3) is 0 Å². The number of thioether (sulfide) groups is 1. The summed E-state index contributed by atoms with van der Waals surface area (Å²) < 4.78 is 1.25. The lowest BCUT2D eigenvalue weighted by Gasteiger charge is -2.19. The second kappa shape index (κ2) is 6.29. The minimum Gasteiger partial charge on any atom is -0.123 e. The Morgan fingerprint density at radius 1 is 0.882 bits per heavy atom. The molecule has 0 bridgehead atoms. The van der Waals surface area contributed by atoms with Crippen molar-refractivity contribution in [2.75, 3.05) is 0 Å². The van der Waals surface area contributed by atoms with Gasteiger partial charge in [0.1, 0.15) is 0 Å². The average Bonchev–Trinajstić information content (AvgIpc) is 2.18. The zero-order valence-electron chi connectivity index (χ0n) is 11.7. The van der Waals surface area contributed by atoms with Crippen LogP contribution in [-0.2, 0) is 0 Å². The SMILES string of the molecule is CC(C)Sc1cc(C(C)C)c(Br)cc1C(C)C. The molecule has 0 unspecified atom stereocenters. The van der Waals surface area contributed by atoms with Crippen molar-refractivity contribution in [1.82, 2.24) is 0 Å². The van der Waals surface area contributed by atoms with Crippen LogP contribution in [0.3, 0.4) is 0 Å².